The van der Waals surface area contributed by atoms with Crippen molar-refractivity contribution in [1.29, 1.82) is 0 Å². The number of sulfonamides is 1. The van der Waals surface area contributed by atoms with Crippen molar-refractivity contribution >= 4 is 15.7 Å². The Morgan fingerprint density at radius 2 is 2.15 bits per heavy atom. The van der Waals surface area contributed by atoms with Gasteiger partial charge in [-0.1, -0.05) is 6.92 Å². The van der Waals surface area contributed by atoms with E-state index in [9.17, 15) is 13.5 Å². The van der Waals surface area contributed by atoms with Crippen LogP contribution in [0.5, 0.6) is 5.75 Å². The number of methoxy groups -OCH3 is 1. The summed E-state index contributed by atoms with van der Waals surface area (Å²) in [6, 6.07) is 4.55. The molecule has 2 rings (SSSR count). The van der Waals surface area contributed by atoms with Gasteiger partial charge in [0, 0.05) is 18.8 Å². The minimum Gasteiger partial charge on any atom is -0.495 e. The molecule has 0 radical (unpaired) electrons. The molecule has 1 fully saturated rings. The van der Waals surface area contributed by atoms with E-state index in [0.29, 0.717) is 25.2 Å². The molecule has 6 nitrogen and oxygen atoms in total. The minimum absolute atomic E-state index is 0.0728. The van der Waals surface area contributed by atoms with Crippen LogP contribution in [0.25, 0.3) is 0 Å². The number of benzene rings is 1. The first-order chi connectivity index (χ1) is 9.36. The SMILES string of the molecule is COc1ccc(N)cc1S(=O)(=O)N1CCC(O)C(C)C1. The quantitative estimate of drug-likeness (QED) is 0.800. The third-order valence-electron chi connectivity index (χ3n) is 3.63. The molecule has 0 spiro atoms. The van der Waals surface area contributed by atoms with Crippen LogP contribution >= 0.6 is 0 Å². The Labute approximate surface area is 119 Å². The number of ether oxygens (including phenoxy) is 1. The number of piperidine rings is 1. The summed E-state index contributed by atoms with van der Waals surface area (Å²) in [5.74, 6) is 0.184. The maximum atomic E-state index is 12.7. The van der Waals surface area contributed by atoms with Gasteiger partial charge in [-0.2, -0.15) is 4.31 Å². The van der Waals surface area contributed by atoms with Crippen molar-refractivity contribution in [2.24, 2.45) is 5.92 Å². The molecule has 1 aromatic carbocycles. The van der Waals surface area contributed by atoms with Crippen molar-refractivity contribution in [1.82, 2.24) is 4.31 Å². The van der Waals surface area contributed by atoms with Crippen molar-refractivity contribution in [2.45, 2.75) is 24.3 Å². The van der Waals surface area contributed by atoms with E-state index in [1.165, 1.54) is 17.5 Å². The summed E-state index contributed by atoms with van der Waals surface area (Å²) in [5.41, 5.74) is 6.05. The molecule has 7 heteroatoms. The molecule has 1 aliphatic heterocycles. The molecule has 2 unspecified atom stereocenters. The Kier molecular flexibility index (Phi) is 4.22. The first kappa shape index (κ1) is 15.1. The van der Waals surface area contributed by atoms with Gasteiger partial charge in [-0.3, -0.25) is 0 Å². The second-order valence-corrected chi connectivity index (χ2v) is 7.01. The Morgan fingerprint density at radius 3 is 2.75 bits per heavy atom. The Balaban J connectivity index is 2.38. The van der Waals surface area contributed by atoms with Crippen molar-refractivity contribution in [3.05, 3.63) is 18.2 Å². The number of anilines is 1. The molecule has 2 atom stereocenters. The molecule has 112 valence electrons. The monoisotopic (exact) mass is 300 g/mol. The van der Waals surface area contributed by atoms with Crippen LogP contribution in [0.15, 0.2) is 23.1 Å². The smallest absolute Gasteiger partial charge is 0.246 e. The van der Waals surface area contributed by atoms with Gasteiger partial charge >= 0.3 is 0 Å². The second-order valence-electron chi connectivity index (χ2n) is 5.11. The molecule has 3 N–H and O–H groups in total. The summed E-state index contributed by atoms with van der Waals surface area (Å²) in [4.78, 5) is 0.0728. The lowest BCUT2D eigenvalue weighted by Crippen LogP contribution is -2.44. The van der Waals surface area contributed by atoms with Crippen LogP contribution in [0.2, 0.25) is 0 Å². The third kappa shape index (κ3) is 2.74. The number of rotatable bonds is 3. The van der Waals surface area contributed by atoms with E-state index in [1.54, 1.807) is 12.1 Å². The third-order valence-corrected chi connectivity index (χ3v) is 5.51. The van der Waals surface area contributed by atoms with Gasteiger partial charge in [0.2, 0.25) is 10.0 Å². The van der Waals surface area contributed by atoms with Crippen LogP contribution < -0.4 is 10.5 Å². The first-order valence-electron chi connectivity index (χ1n) is 6.48. The molecule has 1 saturated heterocycles. The van der Waals surface area contributed by atoms with E-state index in [4.69, 9.17) is 10.5 Å². The molecule has 0 aliphatic carbocycles. The van der Waals surface area contributed by atoms with Crippen LogP contribution in [0, 0.1) is 5.92 Å². The molecule has 0 bridgehead atoms. The van der Waals surface area contributed by atoms with Crippen molar-refractivity contribution < 1.29 is 18.3 Å². The Hall–Kier alpha value is -1.31. The fraction of sp³-hybridized carbons (Fsp3) is 0.538. The number of nitrogen functional groups attached to an aromatic ring is 1. The van der Waals surface area contributed by atoms with Gasteiger partial charge in [0.15, 0.2) is 0 Å². The van der Waals surface area contributed by atoms with Crippen molar-refractivity contribution in [3.63, 3.8) is 0 Å². The standard InChI is InChI=1S/C13H20N2O4S/c1-9-8-15(6-5-11(9)16)20(17,18)13-7-10(14)3-4-12(13)19-2/h3-4,7,9,11,16H,5-6,8,14H2,1-2H3. The predicted octanol–water partition coefficient (Wildman–Crippen LogP) is 0.669. The topological polar surface area (TPSA) is 92.9 Å². The summed E-state index contributed by atoms with van der Waals surface area (Å²) in [6.45, 7) is 2.43. The molecule has 0 aromatic heterocycles. The maximum Gasteiger partial charge on any atom is 0.246 e. The molecule has 0 saturated carbocycles. The van der Waals surface area contributed by atoms with E-state index < -0.39 is 16.1 Å². The largest absolute Gasteiger partial charge is 0.495 e. The fourth-order valence-corrected chi connectivity index (χ4v) is 4.09. The molecule has 1 heterocycles. The number of nitrogens with two attached hydrogens (primary N) is 1. The molecule has 1 aromatic rings. The average molecular weight is 300 g/mol. The normalized spacial score (nSPS) is 24.6. The lowest BCUT2D eigenvalue weighted by molar-refractivity contribution is 0.0628. The number of hydrogen-bond donors (Lipinski definition) is 2. The van der Waals surface area contributed by atoms with Crippen LogP contribution in [0.3, 0.4) is 0 Å². The van der Waals surface area contributed by atoms with Crippen molar-refractivity contribution in [3.8, 4) is 5.75 Å². The zero-order valence-corrected chi connectivity index (χ0v) is 12.4. The number of aliphatic hydroxyl groups excluding tert-OH is 1. The number of hydrogen-bond acceptors (Lipinski definition) is 5. The Bertz CT molecular complexity index is 588. The summed E-state index contributed by atoms with van der Waals surface area (Å²) < 4.78 is 31.9. The van der Waals surface area contributed by atoms with E-state index in [2.05, 4.69) is 0 Å². The van der Waals surface area contributed by atoms with Crippen LogP contribution in [0.4, 0.5) is 5.69 Å². The highest BCUT2D eigenvalue weighted by molar-refractivity contribution is 7.89. The summed E-state index contributed by atoms with van der Waals surface area (Å²) in [6.07, 6.45) is -0.0189. The van der Waals surface area contributed by atoms with Gasteiger partial charge in [0.1, 0.15) is 10.6 Å². The number of aliphatic hydroxyl groups is 1. The zero-order chi connectivity index (χ0) is 14.9. The van der Waals surface area contributed by atoms with Crippen LogP contribution in [0.1, 0.15) is 13.3 Å². The van der Waals surface area contributed by atoms with Gasteiger partial charge in [-0.25, -0.2) is 8.42 Å². The molecule has 20 heavy (non-hydrogen) atoms. The Morgan fingerprint density at radius 1 is 1.45 bits per heavy atom. The van der Waals surface area contributed by atoms with E-state index >= 15 is 0 Å². The van der Waals surface area contributed by atoms with Gasteiger partial charge in [0.05, 0.1) is 13.2 Å². The van der Waals surface area contributed by atoms with Gasteiger partial charge < -0.3 is 15.6 Å². The predicted molar refractivity (Wildman–Crippen MR) is 76.0 cm³/mol. The van der Waals surface area contributed by atoms with E-state index in [0.717, 1.165) is 0 Å². The van der Waals surface area contributed by atoms with E-state index in [1.807, 2.05) is 6.92 Å². The van der Waals surface area contributed by atoms with E-state index in [-0.39, 0.29) is 16.6 Å². The molecule has 1 aliphatic rings. The van der Waals surface area contributed by atoms with Crippen LogP contribution in [-0.4, -0.2) is 44.1 Å². The average Bonchev–Trinajstić information content (AvgIpc) is 2.41. The molecular formula is C13H20N2O4S. The summed E-state index contributed by atoms with van der Waals surface area (Å²) in [7, 11) is -2.24. The highest BCUT2D eigenvalue weighted by Crippen LogP contribution is 2.31. The fourth-order valence-electron chi connectivity index (χ4n) is 2.35. The lowest BCUT2D eigenvalue weighted by atomic mass is 9.99. The zero-order valence-electron chi connectivity index (χ0n) is 11.6. The molecule has 0 amide bonds. The highest BCUT2D eigenvalue weighted by atomic mass is 32.2. The minimum atomic E-state index is -3.67. The maximum absolute atomic E-state index is 12.7. The first-order valence-corrected chi connectivity index (χ1v) is 7.92. The van der Waals surface area contributed by atoms with Crippen LogP contribution in [-0.2, 0) is 10.0 Å². The van der Waals surface area contributed by atoms with Gasteiger partial charge in [-0.05, 0) is 30.5 Å². The van der Waals surface area contributed by atoms with Crippen molar-refractivity contribution in [2.75, 3.05) is 25.9 Å². The highest BCUT2D eigenvalue weighted by Gasteiger charge is 2.34. The second kappa shape index (κ2) is 5.59. The van der Waals surface area contributed by atoms with Gasteiger partial charge in [0.25, 0.3) is 0 Å². The summed E-state index contributed by atoms with van der Waals surface area (Å²) >= 11 is 0. The lowest BCUT2D eigenvalue weighted by Gasteiger charge is -2.33. The summed E-state index contributed by atoms with van der Waals surface area (Å²) in [5, 5.41) is 9.71. The van der Waals surface area contributed by atoms with Gasteiger partial charge in [-0.15, -0.1) is 0 Å². The number of nitrogens with zero attached hydrogens (tertiary/aromatic N) is 1. The molecular weight excluding hydrogens is 280 g/mol.